The zero-order chi connectivity index (χ0) is 19.5. The molecule has 3 heterocycles. The quantitative estimate of drug-likeness (QED) is 0.789. The molecular formula is C15H22F3N5O3. The number of nitrogens with zero attached hydrogens (tertiary/aromatic N) is 5. The van der Waals surface area contributed by atoms with Gasteiger partial charge in [0.2, 0.25) is 5.82 Å². The molecule has 0 aromatic carbocycles. The van der Waals surface area contributed by atoms with Crippen LogP contribution < -0.4 is 0 Å². The maximum Gasteiger partial charge on any atom is 0.490 e. The van der Waals surface area contributed by atoms with Crippen molar-refractivity contribution in [3.63, 3.8) is 0 Å². The number of likely N-dealkylation sites (tertiary alicyclic amines) is 2. The number of carbonyl (C=O) groups is 2. The lowest BCUT2D eigenvalue weighted by Crippen LogP contribution is -2.52. The van der Waals surface area contributed by atoms with Gasteiger partial charge in [0.05, 0.1) is 0 Å². The van der Waals surface area contributed by atoms with Crippen LogP contribution in [0.15, 0.2) is 6.33 Å². The van der Waals surface area contributed by atoms with E-state index in [1.165, 1.54) is 19.4 Å². The third kappa shape index (κ3) is 4.51. The Labute approximate surface area is 148 Å². The number of piperidine rings is 1. The molecule has 1 aromatic rings. The summed E-state index contributed by atoms with van der Waals surface area (Å²) in [4.78, 5) is 29.6. The molecule has 2 fully saturated rings. The molecule has 146 valence electrons. The molecule has 11 heteroatoms. The predicted molar refractivity (Wildman–Crippen MR) is 84.4 cm³/mol. The van der Waals surface area contributed by atoms with Gasteiger partial charge in [0.25, 0.3) is 5.91 Å². The number of aryl methyl sites for hydroxylation is 1. The summed E-state index contributed by atoms with van der Waals surface area (Å²) in [6.45, 7) is 2.83. The number of carboxylic acids is 1. The van der Waals surface area contributed by atoms with Crippen molar-refractivity contribution in [3.05, 3.63) is 12.2 Å². The van der Waals surface area contributed by atoms with Crippen LogP contribution in [0.4, 0.5) is 13.2 Å². The number of hydrogen-bond donors (Lipinski definition) is 1. The van der Waals surface area contributed by atoms with Gasteiger partial charge in [-0.1, -0.05) is 0 Å². The highest BCUT2D eigenvalue weighted by molar-refractivity contribution is 5.90. The average molecular weight is 377 g/mol. The smallest absolute Gasteiger partial charge is 0.475 e. The van der Waals surface area contributed by atoms with Gasteiger partial charge in [-0.05, 0) is 39.3 Å². The Morgan fingerprint density at radius 2 is 1.73 bits per heavy atom. The monoisotopic (exact) mass is 377 g/mol. The van der Waals surface area contributed by atoms with Gasteiger partial charge >= 0.3 is 12.1 Å². The van der Waals surface area contributed by atoms with Crippen LogP contribution in [0.2, 0.25) is 0 Å². The van der Waals surface area contributed by atoms with E-state index in [0.717, 1.165) is 25.9 Å². The van der Waals surface area contributed by atoms with Crippen LogP contribution in [0.3, 0.4) is 0 Å². The molecule has 8 nitrogen and oxygen atoms in total. The number of rotatable bonds is 1. The molecule has 2 saturated heterocycles. The molecule has 26 heavy (non-hydrogen) atoms. The van der Waals surface area contributed by atoms with Crippen molar-refractivity contribution in [3.8, 4) is 0 Å². The van der Waals surface area contributed by atoms with Crippen molar-refractivity contribution in [2.24, 2.45) is 7.05 Å². The number of hydrogen-bond acceptors (Lipinski definition) is 5. The highest BCUT2D eigenvalue weighted by Crippen LogP contribution is 2.37. The van der Waals surface area contributed by atoms with Crippen LogP contribution in [0.5, 0.6) is 0 Å². The number of aliphatic carboxylic acids is 1. The number of aromatic nitrogens is 3. The van der Waals surface area contributed by atoms with E-state index in [1.807, 2.05) is 4.90 Å². The first-order valence-corrected chi connectivity index (χ1v) is 8.21. The largest absolute Gasteiger partial charge is 0.490 e. The molecule has 1 spiro atoms. The molecule has 2 aliphatic rings. The Morgan fingerprint density at radius 1 is 1.15 bits per heavy atom. The van der Waals surface area contributed by atoms with E-state index in [1.54, 1.807) is 18.1 Å². The van der Waals surface area contributed by atoms with Crippen LogP contribution in [-0.2, 0) is 11.8 Å². The summed E-state index contributed by atoms with van der Waals surface area (Å²) in [6.07, 6.45) is 1.19. The molecule has 3 rings (SSSR count). The van der Waals surface area contributed by atoms with Gasteiger partial charge in [-0.15, -0.1) is 5.10 Å². The first kappa shape index (κ1) is 20.1. The standard InChI is InChI=1S/C13H21N5O.C2HF3O2/c1-16-7-3-4-13(16)5-8-18(9-6-13)12(19)11-14-10-17(2)15-11;3-2(4,5)1(6)7/h10H,3-9H2,1-2H3;(H,6,7). The third-order valence-electron chi connectivity index (χ3n) is 4.96. The van der Waals surface area contributed by atoms with Gasteiger partial charge in [0.1, 0.15) is 6.33 Å². The number of alkyl halides is 3. The van der Waals surface area contributed by atoms with Crippen molar-refractivity contribution >= 4 is 11.9 Å². The Balaban J connectivity index is 0.000000298. The fourth-order valence-corrected chi connectivity index (χ4v) is 3.41. The summed E-state index contributed by atoms with van der Waals surface area (Å²) in [5, 5.41) is 11.2. The van der Waals surface area contributed by atoms with E-state index in [-0.39, 0.29) is 5.91 Å². The first-order valence-electron chi connectivity index (χ1n) is 8.21. The van der Waals surface area contributed by atoms with E-state index in [4.69, 9.17) is 9.90 Å². The summed E-state index contributed by atoms with van der Waals surface area (Å²) < 4.78 is 33.3. The molecular weight excluding hydrogens is 355 g/mol. The van der Waals surface area contributed by atoms with Crippen molar-refractivity contribution in [2.75, 3.05) is 26.7 Å². The van der Waals surface area contributed by atoms with Crippen LogP contribution in [0, 0.1) is 0 Å². The van der Waals surface area contributed by atoms with Crippen LogP contribution in [-0.4, -0.2) is 79.9 Å². The van der Waals surface area contributed by atoms with Gasteiger partial charge in [0, 0.05) is 25.7 Å². The Hall–Kier alpha value is -2.17. The molecule has 2 aliphatic heterocycles. The zero-order valence-electron chi connectivity index (χ0n) is 14.7. The van der Waals surface area contributed by atoms with E-state index in [0.29, 0.717) is 11.4 Å². The maximum absolute atomic E-state index is 12.3. The molecule has 1 amide bonds. The number of carbonyl (C=O) groups excluding carboxylic acids is 1. The minimum absolute atomic E-state index is 0.0314. The highest BCUT2D eigenvalue weighted by Gasteiger charge is 2.42. The van der Waals surface area contributed by atoms with Gasteiger partial charge in [-0.2, -0.15) is 13.2 Å². The molecule has 0 atom stereocenters. The molecule has 0 unspecified atom stereocenters. The second-order valence-electron chi connectivity index (χ2n) is 6.59. The SMILES string of the molecule is CN1CCCC12CCN(C(=O)c1ncn(C)n1)CC2.O=C(O)C(F)(F)F. The Morgan fingerprint density at radius 3 is 2.12 bits per heavy atom. The minimum atomic E-state index is -5.08. The summed E-state index contributed by atoms with van der Waals surface area (Å²) in [5.41, 5.74) is 0.342. The molecule has 1 aromatic heterocycles. The van der Waals surface area contributed by atoms with Gasteiger partial charge in [0.15, 0.2) is 0 Å². The number of carboxylic acid groups (broad SMARTS) is 1. The highest BCUT2D eigenvalue weighted by atomic mass is 19.4. The lowest BCUT2D eigenvalue weighted by molar-refractivity contribution is -0.192. The Kier molecular flexibility index (Phi) is 5.89. The van der Waals surface area contributed by atoms with Crippen LogP contribution >= 0.6 is 0 Å². The van der Waals surface area contributed by atoms with Crippen molar-refractivity contribution in [1.82, 2.24) is 24.6 Å². The average Bonchev–Trinajstić information content (AvgIpc) is 3.14. The molecule has 1 N–H and O–H groups in total. The van der Waals surface area contributed by atoms with Gasteiger partial charge < -0.3 is 14.9 Å². The van der Waals surface area contributed by atoms with Crippen molar-refractivity contribution in [2.45, 2.75) is 37.4 Å². The topological polar surface area (TPSA) is 91.6 Å². The summed E-state index contributed by atoms with van der Waals surface area (Å²) >= 11 is 0. The van der Waals surface area contributed by atoms with Crippen LogP contribution in [0.1, 0.15) is 36.3 Å². The normalized spacial score (nSPS) is 20.0. The molecule has 0 aliphatic carbocycles. The second-order valence-corrected chi connectivity index (χ2v) is 6.59. The summed E-state index contributed by atoms with van der Waals surface area (Å²) in [7, 11) is 3.99. The zero-order valence-corrected chi connectivity index (χ0v) is 14.7. The molecule has 0 saturated carbocycles. The maximum atomic E-state index is 12.3. The second kappa shape index (κ2) is 7.60. The lowest BCUT2D eigenvalue weighted by Gasteiger charge is -2.43. The number of amides is 1. The minimum Gasteiger partial charge on any atom is -0.475 e. The predicted octanol–water partition coefficient (Wildman–Crippen LogP) is 1.15. The van der Waals surface area contributed by atoms with E-state index in [2.05, 4.69) is 22.0 Å². The third-order valence-corrected chi connectivity index (χ3v) is 4.96. The molecule has 0 bridgehead atoms. The van der Waals surface area contributed by atoms with Crippen molar-refractivity contribution < 1.29 is 27.9 Å². The molecule has 0 radical (unpaired) electrons. The van der Waals surface area contributed by atoms with E-state index >= 15 is 0 Å². The lowest BCUT2D eigenvalue weighted by atomic mass is 9.85. The van der Waals surface area contributed by atoms with Gasteiger partial charge in [-0.3, -0.25) is 9.48 Å². The first-order chi connectivity index (χ1) is 12.0. The fraction of sp³-hybridized carbons (Fsp3) is 0.733. The summed E-state index contributed by atoms with van der Waals surface area (Å²) in [5.74, 6) is -2.47. The summed E-state index contributed by atoms with van der Waals surface area (Å²) in [6, 6.07) is 0. The Bertz CT molecular complexity index is 653. The fourth-order valence-electron chi connectivity index (χ4n) is 3.41. The van der Waals surface area contributed by atoms with Gasteiger partial charge in [-0.25, -0.2) is 9.78 Å². The van der Waals surface area contributed by atoms with E-state index in [9.17, 15) is 18.0 Å². The number of halogens is 3. The van der Waals surface area contributed by atoms with E-state index < -0.39 is 12.1 Å². The van der Waals surface area contributed by atoms with Crippen molar-refractivity contribution in [1.29, 1.82) is 0 Å². The van der Waals surface area contributed by atoms with Crippen LogP contribution in [0.25, 0.3) is 0 Å².